The number of alkyl halides is 2. The van der Waals surface area contributed by atoms with Crippen molar-refractivity contribution in [3.05, 3.63) is 65.7 Å². The van der Waals surface area contributed by atoms with Gasteiger partial charge >= 0.3 is 0 Å². The topological polar surface area (TPSA) is 46.5 Å². The predicted molar refractivity (Wildman–Crippen MR) is 86.7 cm³/mol. The first-order valence-corrected chi connectivity index (χ1v) is 8.32. The molecule has 0 atom stereocenters. The largest absolute Gasteiger partial charge is 0.282 e. The molecule has 0 aromatic heterocycles. The third-order valence-corrected chi connectivity index (χ3v) is 4.71. The molecule has 2 rings (SSSR count). The molecule has 0 fully saturated rings. The first kappa shape index (κ1) is 16.0. The fraction of sp³-hybridized carbons (Fsp3) is 0.133. The van der Waals surface area contributed by atoms with E-state index in [0.717, 1.165) is 11.8 Å². The third-order valence-electron chi connectivity index (χ3n) is 2.83. The Balaban J connectivity index is 2.29. The Bertz CT molecular complexity index is 739. The Labute approximate surface area is 134 Å². The van der Waals surface area contributed by atoms with Crippen LogP contribution in [0, 0.1) is 6.92 Å². The van der Waals surface area contributed by atoms with E-state index in [1.807, 2.05) is 13.0 Å². The minimum atomic E-state index is -3.82. The van der Waals surface area contributed by atoms with Crippen LogP contribution in [-0.4, -0.2) is 14.6 Å². The molecule has 0 aliphatic heterocycles. The van der Waals surface area contributed by atoms with Crippen LogP contribution in [0.3, 0.4) is 0 Å². The van der Waals surface area contributed by atoms with Crippen molar-refractivity contribution in [2.24, 2.45) is 4.40 Å². The molecule has 0 saturated carbocycles. The molecule has 3 nitrogen and oxygen atoms in total. The van der Waals surface area contributed by atoms with E-state index in [2.05, 4.69) is 4.40 Å². The SMILES string of the molecule is Cc1ccc(S(=O)(=O)N=CC(Cl)(Cl)c2ccccc2)cc1. The van der Waals surface area contributed by atoms with Gasteiger partial charge in [-0.1, -0.05) is 71.2 Å². The van der Waals surface area contributed by atoms with Crippen molar-refractivity contribution < 1.29 is 8.42 Å². The monoisotopic (exact) mass is 341 g/mol. The van der Waals surface area contributed by atoms with Crippen molar-refractivity contribution in [2.45, 2.75) is 16.2 Å². The van der Waals surface area contributed by atoms with Crippen LogP contribution in [0.2, 0.25) is 0 Å². The minimum Gasteiger partial charge on any atom is -0.199 e. The predicted octanol–water partition coefficient (Wildman–Crippen LogP) is 4.09. The molecule has 0 heterocycles. The number of nitrogens with zero attached hydrogens (tertiary/aromatic N) is 1. The molecule has 0 aliphatic carbocycles. The summed E-state index contributed by atoms with van der Waals surface area (Å²) in [6.45, 7) is 1.87. The summed E-state index contributed by atoms with van der Waals surface area (Å²) in [7, 11) is -3.82. The molecule has 2 aromatic carbocycles. The third kappa shape index (κ3) is 4.06. The second-order valence-corrected chi connectivity index (χ2v) is 7.53. The highest BCUT2D eigenvalue weighted by atomic mass is 35.5. The summed E-state index contributed by atoms with van der Waals surface area (Å²) in [5, 5.41) is 0. The van der Waals surface area contributed by atoms with E-state index < -0.39 is 14.4 Å². The van der Waals surface area contributed by atoms with Gasteiger partial charge < -0.3 is 0 Å². The second-order valence-electron chi connectivity index (χ2n) is 4.51. The summed E-state index contributed by atoms with van der Waals surface area (Å²) in [6.07, 6.45) is 1.03. The summed E-state index contributed by atoms with van der Waals surface area (Å²) in [4.78, 5) is 0.0987. The molecule has 0 saturated heterocycles. The van der Waals surface area contributed by atoms with Gasteiger partial charge in [0.1, 0.15) is 0 Å². The van der Waals surface area contributed by atoms with Crippen LogP contribution in [0.25, 0.3) is 0 Å². The Morgan fingerprint density at radius 3 is 2.14 bits per heavy atom. The van der Waals surface area contributed by atoms with E-state index in [0.29, 0.717) is 5.56 Å². The van der Waals surface area contributed by atoms with E-state index in [4.69, 9.17) is 23.2 Å². The summed E-state index contributed by atoms with van der Waals surface area (Å²) < 4.78 is 26.3. The Morgan fingerprint density at radius 1 is 1.00 bits per heavy atom. The average Bonchev–Trinajstić information content (AvgIpc) is 2.47. The molecular weight excluding hydrogens is 329 g/mol. The molecule has 0 spiro atoms. The Kier molecular flexibility index (Phi) is 4.71. The molecule has 0 unspecified atom stereocenters. The van der Waals surface area contributed by atoms with Gasteiger partial charge in [0.15, 0.2) is 4.33 Å². The quantitative estimate of drug-likeness (QED) is 0.621. The molecular formula is C15H13Cl2NO2S. The highest BCUT2D eigenvalue weighted by molar-refractivity contribution is 7.90. The van der Waals surface area contributed by atoms with E-state index >= 15 is 0 Å². The highest BCUT2D eigenvalue weighted by Gasteiger charge is 2.25. The van der Waals surface area contributed by atoms with Gasteiger partial charge in [0.05, 0.1) is 11.1 Å². The van der Waals surface area contributed by atoms with Crippen LogP contribution < -0.4 is 0 Å². The fourth-order valence-electron chi connectivity index (χ4n) is 1.64. The highest BCUT2D eigenvalue weighted by Crippen LogP contribution is 2.32. The lowest BCUT2D eigenvalue weighted by Gasteiger charge is -2.14. The zero-order valence-electron chi connectivity index (χ0n) is 11.2. The van der Waals surface area contributed by atoms with Gasteiger partial charge in [-0.15, -0.1) is 0 Å². The lowest BCUT2D eigenvalue weighted by atomic mass is 10.1. The molecule has 110 valence electrons. The maximum Gasteiger partial charge on any atom is 0.282 e. The first-order chi connectivity index (χ1) is 9.81. The van der Waals surface area contributed by atoms with Crippen molar-refractivity contribution in [3.63, 3.8) is 0 Å². The Hall–Kier alpha value is -1.36. The zero-order chi connectivity index (χ0) is 15.5. The van der Waals surface area contributed by atoms with E-state index in [1.165, 1.54) is 12.1 Å². The van der Waals surface area contributed by atoms with Gasteiger partial charge in [0.2, 0.25) is 0 Å². The van der Waals surface area contributed by atoms with Gasteiger partial charge in [-0.05, 0) is 24.6 Å². The summed E-state index contributed by atoms with van der Waals surface area (Å²) in [6, 6.07) is 15.1. The maximum absolute atomic E-state index is 12.1. The number of benzene rings is 2. The number of hydrogen-bond acceptors (Lipinski definition) is 2. The first-order valence-electron chi connectivity index (χ1n) is 6.13. The zero-order valence-corrected chi connectivity index (χ0v) is 13.5. The minimum absolute atomic E-state index is 0.0987. The molecule has 6 heteroatoms. The molecule has 2 aromatic rings. The number of rotatable bonds is 4. The average molecular weight is 342 g/mol. The van der Waals surface area contributed by atoms with Crippen LogP contribution in [0.1, 0.15) is 11.1 Å². The Morgan fingerprint density at radius 2 is 1.57 bits per heavy atom. The van der Waals surface area contributed by atoms with Crippen LogP contribution >= 0.6 is 23.2 Å². The molecule has 21 heavy (non-hydrogen) atoms. The van der Waals surface area contributed by atoms with Gasteiger partial charge in [-0.3, -0.25) is 0 Å². The van der Waals surface area contributed by atoms with Crippen LogP contribution in [-0.2, 0) is 14.4 Å². The number of sulfonamides is 1. The van der Waals surface area contributed by atoms with Crippen molar-refractivity contribution in [1.82, 2.24) is 0 Å². The van der Waals surface area contributed by atoms with Gasteiger partial charge in [0, 0.05) is 0 Å². The molecule has 0 aliphatic rings. The molecule has 0 radical (unpaired) electrons. The van der Waals surface area contributed by atoms with Gasteiger partial charge in [0.25, 0.3) is 10.0 Å². The molecule has 0 N–H and O–H groups in total. The van der Waals surface area contributed by atoms with Gasteiger partial charge in [-0.2, -0.15) is 12.8 Å². The van der Waals surface area contributed by atoms with Crippen molar-refractivity contribution in [1.29, 1.82) is 0 Å². The maximum atomic E-state index is 12.1. The smallest absolute Gasteiger partial charge is 0.199 e. The lowest BCUT2D eigenvalue weighted by molar-refractivity contribution is 0.598. The van der Waals surface area contributed by atoms with Gasteiger partial charge in [-0.25, -0.2) is 0 Å². The molecule has 0 amide bonds. The van der Waals surface area contributed by atoms with Crippen molar-refractivity contribution >= 4 is 39.4 Å². The van der Waals surface area contributed by atoms with E-state index in [9.17, 15) is 8.42 Å². The standard InChI is InChI=1S/C15H13Cl2NO2S/c1-12-7-9-14(10-8-12)21(19,20)18-11-15(16,17)13-5-3-2-4-6-13/h2-11H,1H3. The number of halogens is 2. The second kappa shape index (κ2) is 6.18. The van der Waals surface area contributed by atoms with Crippen molar-refractivity contribution in [3.8, 4) is 0 Å². The summed E-state index contributed by atoms with van der Waals surface area (Å²) >= 11 is 12.3. The summed E-state index contributed by atoms with van der Waals surface area (Å²) in [5.41, 5.74) is 1.52. The fourth-order valence-corrected chi connectivity index (χ4v) is 3.01. The van der Waals surface area contributed by atoms with Crippen LogP contribution in [0.5, 0.6) is 0 Å². The van der Waals surface area contributed by atoms with E-state index in [-0.39, 0.29) is 4.90 Å². The number of hydrogen-bond donors (Lipinski definition) is 0. The van der Waals surface area contributed by atoms with E-state index in [1.54, 1.807) is 36.4 Å². The molecule has 0 bridgehead atoms. The van der Waals surface area contributed by atoms with Crippen LogP contribution in [0.4, 0.5) is 0 Å². The number of aryl methyl sites for hydroxylation is 1. The normalized spacial score (nSPS) is 12.7. The lowest BCUT2D eigenvalue weighted by Crippen LogP contribution is -2.13. The van der Waals surface area contributed by atoms with Crippen LogP contribution in [0.15, 0.2) is 63.9 Å². The van der Waals surface area contributed by atoms with Crippen molar-refractivity contribution in [2.75, 3.05) is 0 Å². The summed E-state index contributed by atoms with van der Waals surface area (Å²) in [5.74, 6) is 0.